The molecule has 0 amide bonds. The van der Waals surface area contributed by atoms with E-state index in [0.29, 0.717) is 6.61 Å². The fourth-order valence-electron chi connectivity index (χ4n) is 1.15. The highest BCUT2D eigenvalue weighted by Gasteiger charge is 2.36. The Morgan fingerprint density at radius 1 is 1.58 bits per heavy atom. The number of ether oxygens (including phenoxy) is 1. The summed E-state index contributed by atoms with van der Waals surface area (Å²) in [6, 6.07) is 0. The second kappa shape index (κ2) is 2.83. The van der Waals surface area contributed by atoms with Crippen molar-refractivity contribution in [3.05, 3.63) is 46.6 Å². The monoisotopic (exact) mass is 226 g/mol. The highest BCUT2D eigenvalue weighted by molar-refractivity contribution is 9.11. The van der Waals surface area contributed by atoms with E-state index in [1.54, 1.807) is 6.42 Å². The van der Waals surface area contributed by atoms with E-state index < -0.39 is 0 Å². The molecule has 0 spiro atoms. The molecule has 2 nitrogen and oxygen atoms in total. The third-order valence-corrected chi connectivity index (χ3v) is 2.23. The van der Waals surface area contributed by atoms with Gasteiger partial charge in [-0.1, -0.05) is 0 Å². The van der Waals surface area contributed by atoms with E-state index in [-0.39, 0.29) is 5.76 Å². The predicted molar refractivity (Wildman–Crippen MR) is 49.3 cm³/mol. The van der Waals surface area contributed by atoms with Crippen LogP contribution in [0.4, 0.5) is 0 Å². The second-order valence-electron chi connectivity index (χ2n) is 2.54. The number of fused-ring (bicyclic) bond motifs is 1. The van der Waals surface area contributed by atoms with Gasteiger partial charge in [0.25, 0.3) is 0 Å². The molecule has 1 aliphatic heterocycles. The molecule has 0 unspecified atom stereocenters. The Kier molecular flexibility index (Phi) is 1.81. The van der Waals surface area contributed by atoms with Crippen LogP contribution in [0.2, 0.25) is 0 Å². The first-order valence-corrected chi connectivity index (χ1v) is 4.38. The van der Waals surface area contributed by atoms with Crippen LogP contribution in [0.25, 0.3) is 0 Å². The van der Waals surface area contributed by atoms with Crippen LogP contribution in [-0.4, -0.2) is 11.7 Å². The zero-order valence-electron chi connectivity index (χ0n) is 6.25. The average Bonchev–Trinajstić information content (AvgIpc) is 2.07. The van der Waals surface area contributed by atoms with Gasteiger partial charge in [-0.15, -0.1) is 0 Å². The Morgan fingerprint density at radius 2 is 2.42 bits per heavy atom. The van der Waals surface area contributed by atoms with Crippen LogP contribution < -0.4 is 0 Å². The molecule has 0 saturated heterocycles. The normalized spacial score (nSPS) is 21.1. The van der Waals surface area contributed by atoms with E-state index in [1.807, 2.05) is 18.6 Å². The van der Waals surface area contributed by atoms with Crippen molar-refractivity contribution in [2.45, 2.75) is 0 Å². The summed E-state index contributed by atoms with van der Waals surface area (Å²) < 4.78 is 6.23. The van der Waals surface area contributed by atoms with Crippen LogP contribution in [0.15, 0.2) is 33.7 Å². The van der Waals surface area contributed by atoms with Gasteiger partial charge in [0.2, 0.25) is 0 Å². The Balaban J connectivity index is 2.42. The zero-order chi connectivity index (χ0) is 8.55. The molecule has 0 aromatic heterocycles. The second-order valence-corrected chi connectivity index (χ2v) is 3.46. The van der Waals surface area contributed by atoms with Gasteiger partial charge in [0, 0.05) is 0 Å². The van der Waals surface area contributed by atoms with E-state index in [9.17, 15) is 5.11 Å². The molecule has 0 aromatic carbocycles. The maximum Gasteiger partial charge on any atom is 0.323 e. The smallest absolute Gasteiger partial charge is 0.323 e. The molecule has 0 bridgehead atoms. The van der Waals surface area contributed by atoms with E-state index in [1.165, 1.54) is 0 Å². The molecule has 1 N–H and O–H groups in total. The fraction of sp³-hybridized carbons (Fsp3) is 0.111. The summed E-state index contributed by atoms with van der Waals surface area (Å²) in [5, 5.41) is 9.45. The Hall–Kier alpha value is -0.960. The summed E-state index contributed by atoms with van der Waals surface area (Å²) in [5.74, 6) is 1.02. The quantitative estimate of drug-likeness (QED) is 0.644. The number of hydrogen-bond donors (Lipinski definition) is 1. The molecular formula is C9H7BrO2+2. The predicted octanol–water partition coefficient (Wildman–Crippen LogP) is 2.41. The summed E-state index contributed by atoms with van der Waals surface area (Å²) in [6.45, 7) is 0.445. The first-order valence-electron chi connectivity index (χ1n) is 3.59. The molecule has 12 heavy (non-hydrogen) atoms. The zero-order valence-corrected chi connectivity index (χ0v) is 7.84. The van der Waals surface area contributed by atoms with Crippen molar-refractivity contribution in [3.63, 3.8) is 0 Å². The number of aliphatic hydroxyl groups excluding tert-OH is 1. The number of rotatable bonds is 0. The molecule has 0 atom stereocenters. The van der Waals surface area contributed by atoms with Gasteiger partial charge in [-0.3, -0.25) is 0 Å². The molecule has 0 radical (unpaired) electrons. The van der Waals surface area contributed by atoms with E-state index in [4.69, 9.17) is 4.74 Å². The minimum absolute atomic E-state index is 0.289. The van der Waals surface area contributed by atoms with Gasteiger partial charge < -0.3 is 9.84 Å². The van der Waals surface area contributed by atoms with Gasteiger partial charge in [0.1, 0.15) is 17.0 Å². The first-order chi connectivity index (χ1) is 5.77. The topological polar surface area (TPSA) is 29.5 Å². The third kappa shape index (κ3) is 1.20. The molecule has 1 heterocycles. The van der Waals surface area contributed by atoms with Crippen molar-refractivity contribution < 1.29 is 9.84 Å². The molecule has 0 saturated carbocycles. The number of aliphatic hydroxyl groups is 1. The van der Waals surface area contributed by atoms with E-state index in [0.717, 1.165) is 15.8 Å². The van der Waals surface area contributed by atoms with Gasteiger partial charge in [-0.25, -0.2) is 0 Å². The lowest BCUT2D eigenvalue weighted by molar-refractivity contribution is 0.220. The number of hydrogen-bond acceptors (Lipinski definition) is 2. The standard InChI is InChI=1S/C9H6BrO2/c10-6-1-2-9-7(5-6)8(11)3-4-12-9/h1-3,5H,4H2/q+1/p+1. The van der Waals surface area contributed by atoms with Gasteiger partial charge in [-0.05, 0) is 15.9 Å². The van der Waals surface area contributed by atoms with Gasteiger partial charge >= 0.3 is 17.1 Å². The molecule has 3 heteroatoms. The van der Waals surface area contributed by atoms with Crippen LogP contribution in [0, 0.1) is 12.8 Å². The third-order valence-electron chi connectivity index (χ3n) is 1.73. The Morgan fingerprint density at radius 3 is 3.25 bits per heavy atom. The van der Waals surface area contributed by atoms with Gasteiger partial charge in [0.05, 0.1) is 6.42 Å². The minimum atomic E-state index is 0.289. The summed E-state index contributed by atoms with van der Waals surface area (Å²) in [6.07, 6.45) is 7.20. The van der Waals surface area contributed by atoms with Crippen molar-refractivity contribution in [2.75, 3.05) is 6.61 Å². The molecule has 60 valence electrons. The maximum atomic E-state index is 9.45. The molecule has 0 fully saturated rings. The number of allylic oxidation sites excluding steroid dienone is 3. The van der Waals surface area contributed by atoms with Crippen molar-refractivity contribution in [1.29, 1.82) is 0 Å². The highest BCUT2D eigenvalue weighted by Crippen LogP contribution is 2.31. The summed E-state index contributed by atoms with van der Waals surface area (Å²) >= 11 is 3.32. The van der Waals surface area contributed by atoms with Crippen LogP contribution in [-0.2, 0) is 4.74 Å². The fourth-order valence-corrected chi connectivity index (χ4v) is 1.51. The maximum absolute atomic E-state index is 9.45. The lowest BCUT2D eigenvalue weighted by Gasteiger charge is -2.06. The SMILES string of the molecule is OC1=C2C=C(Br)[CH+]C=C2OC[CH+]1. The van der Waals surface area contributed by atoms with Crippen molar-refractivity contribution in [2.24, 2.45) is 0 Å². The Labute approximate surface area is 79.4 Å². The van der Waals surface area contributed by atoms with Crippen LogP contribution in [0.3, 0.4) is 0 Å². The first kappa shape index (κ1) is 7.68. The van der Waals surface area contributed by atoms with Crippen molar-refractivity contribution >= 4 is 15.9 Å². The molecule has 0 aromatic rings. The molecule has 2 aliphatic rings. The highest BCUT2D eigenvalue weighted by atomic mass is 79.9. The van der Waals surface area contributed by atoms with E-state index >= 15 is 0 Å². The largest absolute Gasteiger partial charge is 0.475 e. The Bertz CT molecular complexity index is 300. The molecule has 2 rings (SSSR count). The summed E-state index contributed by atoms with van der Waals surface area (Å²) in [7, 11) is 0. The summed E-state index contributed by atoms with van der Waals surface area (Å²) in [4.78, 5) is 0. The lowest BCUT2D eigenvalue weighted by Crippen LogP contribution is -2.11. The van der Waals surface area contributed by atoms with Crippen molar-refractivity contribution in [1.82, 2.24) is 0 Å². The van der Waals surface area contributed by atoms with Crippen LogP contribution >= 0.6 is 15.9 Å². The number of halogens is 1. The summed E-state index contributed by atoms with van der Waals surface area (Å²) in [5.41, 5.74) is 0.746. The van der Waals surface area contributed by atoms with Gasteiger partial charge in [0.15, 0.2) is 12.7 Å². The van der Waals surface area contributed by atoms with Crippen LogP contribution in [0.1, 0.15) is 0 Å². The minimum Gasteiger partial charge on any atom is -0.475 e. The average molecular weight is 227 g/mol. The molecular weight excluding hydrogens is 220 g/mol. The van der Waals surface area contributed by atoms with Gasteiger partial charge in [-0.2, -0.15) is 0 Å². The van der Waals surface area contributed by atoms with Crippen molar-refractivity contribution in [3.8, 4) is 0 Å². The van der Waals surface area contributed by atoms with Crippen LogP contribution in [0.5, 0.6) is 0 Å². The molecule has 1 aliphatic carbocycles. The lowest BCUT2D eigenvalue weighted by atomic mass is 10.0. The van der Waals surface area contributed by atoms with E-state index in [2.05, 4.69) is 15.9 Å².